The Kier molecular flexibility index (Phi) is 2.61. The van der Waals surface area contributed by atoms with Crippen molar-refractivity contribution >= 4 is 17.2 Å². The molecule has 0 bridgehead atoms. The lowest BCUT2D eigenvalue weighted by atomic mass is 10.1. The number of rotatable bonds is 2. The Balaban J connectivity index is 2.56. The molecule has 2 aromatic rings. The van der Waals surface area contributed by atoms with Crippen molar-refractivity contribution in [1.82, 2.24) is 4.98 Å². The highest BCUT2D eigenvalue weighted by Crippen LogP contribution is 2.27. The number of hydrogen-bond acceptors (Lipinski definition) is 5. The molecule has 2 rings (SSSR count). The molecule has 0 atom stereocenters. The van der Waals surface area contributed by atoms with Gasteiger partial charge in [0.25, 0.3) is 0 Å². The molecule has 1 heterocycles. The zero-order valence-electron chi connectivity index (χ0n) is 8.83. The Labute approximate surface area is 97.0 Å². The van der Waals surface area contributed by atoms with Crippen molar-refractivity contribution < 1.29 is 4.92 Å². The van der Waals surface area contributed by atoms with Crippen LogP contribution in [0.15, 0.2) is 36.4 Å². The van der Waals surface area contributed by atoms with E-state index in [4.69, 9.17) is 11.5 Å². The zero-order chi connectivity index (χ0) is 12.4. The van der Waals surface area contributed by atoms with Crippen LogP contribution in [0, 0.1) is 10.1 Å². The van der Waals surface area contributed by atoms with Gasteiger partial charge in [0.15, 0.2) is 5.69 Å². The van der Waals surface area contributed by atoms with Gasteiger partial charge in [0.1, 0.15) is 0 Å². The molecule has 0 fully saturated rings. The molecule has 0 aliphatic carbocycles. The highest BCUT2D eigenvalue weighted by atomic mass is 16.6. The quantitative estimate of drug-likeness (QED) is 0.464. The van der Waals surface area contributed by atoms with E-state index >= 15 is 0 Å². The van der Waals surface area contributed by atoms with Crippen LogP contribution in [0.4, 0.5) is 17.2 Å². The largest absolute Gasteiger partial charge is 0.399 e. The lowest BCUT2D eigenvalue weighted by molar-refractivity contribution is -0.389. The van der Waals surface area contributed by atoms with E-state index < -0.39 is 4.92 Å². The average Bonchev–Trinajstić information content (AvgIpc) is 2.32. The Morgan fingerprint density at radius 2 is 1.94 bits per heavy atom. The average molecular weight is 230 g/mol. The molecule has 0 spiro atoms. The van der Waals surface area contributed by atoms with Gasteiger partial charge in [0.05, 0.1) is 5.56 Å². The first kappa shape index (κ1) is 10.9. The maximum absolute atomic E-state index is 10.6. The first-order chi connectivity index (χ1) is 8.08. The fraction of sp³-hybridized carbons (Fsp3) is 0. The number of nitrogen functional groups attached to an aromatic ring is 2. The lowest BCUT2D eigenvalue weighted by Crippen LogP contribution is -1.97. The molecule has 0 saturated carbocycles. The number of anilines is 2. The molecule has 86 valence electrons. The van der Waals surface area contributed by atoms with Crippen LogP contribution in [-0.2, 0) is 0 Å². The minimum atomic E-state index is -0.550. The molecule has 4 N–H and O–H groups in total. The first-order valence-electron chi connectivity index (χ1n) is 4.85. The van der Waals surface area contributed by atoms with Crippen molar-refractivity contribution in [1.29, 1.82) is 0 Å². The molecular weight excluding hydrogens is 220 g/mol. The predicted molar refractivity (Wildman–Crippen MR) is 65.2 cm³/mol. The summed E-state index contributed by atoms with van der Waals surface area (Å²) in [4.78, 5) is 14.0. The Bertz CT molecular complexity index is 583. The molecule has 1 aromatic heterocycles. The number of aromatic nitrogens is 1. The molecule has 0 saturated heterocycles. The summed E-state index contributed by atoms with van der Waals surface area (Å²) < 4.78 is 0. The normalized spacial score (nSPS) is 10.1. The van der Waals surface area contributed by atoms with Crippen LogP contribution < -0.4 is 11.5 Å². The van der Waals surface area contributed by atoms with Gasteiger partial charge in [-0.1, -0.05) is 0 Å². The van der Waals surface area contributed by atoms with Gasteiger partial charge >= 0.3 is 5.82 Å². The van der Waals surface area contributed by atoms with Crippen molar-refractivity contribution in [3.63, 3.8) is 0 Å². The van der Waals surface area contributed by atoms with Crippen LogP contribution in [0.25, 0.3) is 11.3 Å². The predicted octanol–water partition coefficient (Wildman–Crippen LogP) is 1.82. The van der Waals surface area contributed by atoms with Crippen molar-refractivity contribution in [2.45, 2.75) is 0 Å². The molecule has 0 aliphatic heterocycles. The Hall–Kier alpha value is -2.63. The molecule has 1 aromatic carbocycles. The molecule has 0 radical (unpaired) electrons. The minimum Gasteiger partial charge on any atom is -0.399 e. The van der Waals surface area contributed by atoms with Crippen molar-refractivity contribution in [2.75, 3.05) is 11.5 Å². The number of nitro groups is 1. The van der Waals surface area contributed by atoms with Crippen molar-refractivity contribution in [2.24, 2.45) is 0 Å². The smallest absolute Gasteiger partial charge is 0.364 e. The number of pyridine rings is 1. The summed E-state index contributed by atoms with van der Waals surface area (Å²) in [6.07, 6.45) is 0. The fourth-order valence-electron chi connectivity index (χ4n) is 1.47. The summed E-state index contributed by atoms with van der Waals surface area (Å²) in [6.45, 7) is 0. The van der Waals surface area contributed by atoms with E-state index in [9.17, 15) is 10.1 Å². The second kappa shape index (κ2) is 4.09. The van der Waals surface area contributed by atoms with Crippen LogP contribution in [0.2, 0.25) is 0 Å². The Morgan fingerprint density at radius 1 is 1.18 bits per heavy atom. The third-order valence-electron chi connectivity index (χ3n) is 2.27. The van der Waals surface area contributed by atoms with Crippen molar-refractivity contribution in [3.8, 4) is 11.3 Å². The number of nitrogens with two attached hydrogens (primary N) is 2. The maximum Gasteiger partial charge on any atom is 0.364 e. The van der Waals surface area contributed by atoms with Crippen molar-refractivity contribution in [3.05, 3.63) is 46.5 Å². The molecular formula is C11H10N4O2. The van der Waals surface area contributed by atoms with Gasteiger partial charge in [-0.25, -0.2) is 0 Å². The topological polar surface area (TPSA) is 108 Å². The SMILES string of the molecule is Nc1ccc(N)c(-c2cccc([N+](=O)[O-])n2)c1. The van der Waals surface area contributed by atoms with E-state index in [0.29, 0.717) is 22.6 Å². The zero-order valence-corrected chi connectivity index (χ0v) is 8.83. The fourth-order valence-corrected chi connectivity index (χ4v) is 1.47. The summed E-state index contributed by atoms with van der Waals surface area (Å²) >= 11 is 0. The third-order valence-corrected chi connectivity index (χ3v) is 2.27. The second-order valence-electron chi connectivity index (χ2n) is 3.48. The van der Waals surface area contributed by atoms with Gasteiger partial charge < -0.3 is 21.6 Å². The Morgan fingerprint density at radius 3 is 2.65 bits per heavy atom. The summed E-state index contributed by atoms with van der Waals surface area (Å²) in [7, 11) is 0. The summed E-state index contributed by atoms with van der Waals surface area (Å²) in [6, 6.07) is 9.48. The van der Waals surface area contributed by atoms with Crippen LogP contribution >= 0.6 is 0 Å². The number of nitrogens with zero attached hydrogens (tertiary/aromatic N) is 2. The van der Waals surface area contributed by atoms with Gasteiger partial charge in [-0.2, -0.15) is 0 Å². The highest BCUT2D eigenvalue weighted by molar-refractivity contribution is 5.77. The van der Waals surface area contributed by atoms with Gasteiger partial charge in [0, 0.05) is 17.4 Å². The molecule has 17 heavy (non-hydrogen) atoms. The van der Waals surface area contributed by atoms with E-state index in [0.717, 1.165) is 0 Å². The van der Waals surface area contributed by atoms with E-state index in [1.54, 1.807) is 30.3 Å². The third kappa shape index (κ3) is 2.15. The van der Waals surface area contributed by atoms with Gasteiger partial charge in [-0.05, 0) is 40.2 Å². The van der Waals surface area contributed by atoms with Gasteiger partial charge in [-0.3, -0.25) is 0 Å². The van der Waals surface area contributed by atoms with Crippen LogP contribution in [0.3, 0.4) is 0 Å². The second-order valence-corrected chi connectivity index (χ2v) is 3.48. The highest BCUT2D eigenvalue weighted by Gasteiger charge is 2.13. The summed E-state index contributed by atoms with van der Waals surface area (Å²) in [5.74, 6) is -0.218. The van der Waals surface area contributed by atoms with Gasteiger partial charge in [0.2, 0.25) is 0 Å². The molecule has 0 unspecified atom stereocenters. The standard InChI is InChI=1S/C11H10N4O2/c12-7-4-5-9(13)8(6-7)10-2-1-3-11(14-10)15(16)17/h1-6H,12-13H2. The molecule has 0 amide bonds. The van der Waals surface area contributed by atoms with Crippen LogP contribution in [0.1, 0.15) is 0 Å². The van der Waals surface area contributed by atoms with E-state index in [1.165, 1.54) is 6.07 Å². The number of hydrogen-bond donors (Lipinski definition) is 2. The lowest BCUT2D eigenvalue weighted by Gasteiger charge is -2.03. The summed E-state index contributed by atoms with van der Waals surface area (Å²) in [5, 5.41) is 10.6. The van der Waals surface area contributed by atoms with E-state index in [-0.39, 0.29) is 5.82 Å². The van der Waals surface area contributed by atoms with Crippen LogP contribution in [0.5, 0.6) is 0 Å². The van der Waals surface area contributed by atoms with Crippen LogP contribution in [-0.4, -0.2) is 9.91 Å². The first-order valence-corrected chi connectivity index (χ1v) is 4.85. The number of benzene rings is 1. The van der Waals surface area contributed by atoms with E-state index in [2.05, 4.69) is 4.98 Å². The monoisotopic (exact) mass is 230 g/mol. The van der Waals surface area contributed by atoms with Gasteiger partial charge in [-0.15, -0.1) is 0 Å². The van der Waals surface area contributed by atoms with E-state index in [1.807, 2.05) is 0 Å². The minimum absolute atomic E-state index is 0.218. The maximum atomic E-state index is 10.6. The molecule has 6 nitrogen and oxygen atoms in total. The summed E-state index contributed by atoms with van der Waals surface area (Å²) in [5.41, 5.74) is 13.5. The molecule has 6 heteroatoms. The molecule has 0 aliphatic rings.